The maximum absolute atomic E-state index is 12.4. The normalized spacial score (nSPS) is 18.1. The maximum Gasteiger partial charge on any atom is 0.341 e. The first kappa shape index (κ1) is 16.5. The van der Waals surface area contributed by atoms with Gasteiger partial charge in [-0.05, 0) is 37.1 Å². The first-order valence-electron chi connectivity index (χ1n) is 6.82. The second-order valence-corrected chi connectivity index (χ2v) is 7.71. The first-order valence-corrected chi connectivity index (χ1v) is 8.90. The van der Waals surface area contributed by atoms with Crippen LogP contribution in [0.5, 0.6) is 0 Å². The van der Waals surface area contributed by atoms with Crippen LogP contribution in [0.25, 0.3) is 0 Å². The number of rotatable bonds is 6. The van der Waals surface area contributed by atoms with Crippen LogP contribution in [0, 0.1) is 5.41 Å². The fraction of sp³-hybridized carbons (Fsp3) is 0.571. The van der Waals surface area contributed by atoms with Crippen molar-refractivity contribution in [1.29, 1.82) is 0 Å². The molecule has 1 aromatic carbocycles. The van der Waals surface area contributed by atoms with Crippen LogP contribution in [0.2, 0.25) is 0 Å². The zero-order chi connectivity index (χ0) is 15.5. The van der Waals surface area contributed by atoms with E-state index in [1.807, 2.05) is 0 Å². The van der Waals surface area contributed by atoms with Crippen LogP contribution < -0.4 is 5.32 Å². The molecule has 0 amide bonds. The van der Waals surface area contributed by atoms with E-state index in [0.717, 1.165) is 12.8 Å². The third-order valence-corrected chi connectivity index (χ3v) is 6.00. The summed E-state index contributed by atoms with van der Waals surface area (Å²) in [7, 11) is -4.52. The first-order chi connectivity index (χ1) is 9.89. The third-order valence-electron chi connectivity index (χ3n) is 4.03. The Bertz CT molecular complexity index is 569. The second kappa shape index (κ2) is 6.48. The fourth-order valence-corrected chi connectivity index (χ4v) is 3.72. The predicted molar refractivity (Wildman–Crippen MR) is 79.7 cm³/mol. The SMILES string of the molecule is O=S(=O)(c1ccc(NCC2(CCl)CCCC2)cc1)C(F)F. The highest BCUT2D eigenvalue weighted by Gasteiger charge is 2.32. The number of anilines is 1. The maximum atomic E-state index is 12.4. The van der Waals surface area contributed by atoms with Gasteiger partial charge in [0, 0.05) is 23.5 Å². The minimum absolute atomic E-state index is 0.0786. The summed E-state index contributed by atoms with van der Waals surface area (Å²) in [5.74, 6) is -2.81. The van der Waals surface area contributed by atoms with E-state index < -0.39 is 15.6 Å². The summed E-state index contributed by atoms with van der Waals surface area (Å²) in [6.07, 6.45) is 4.47. The molecule has 0 atom stereocenters. The Balaban J connectivity index is 2.03. The van der Waals surface area contributed by atoms with E-state index in [0.29, 0.717) is 18.1 Å². The molecular formula is C14H18ClF2NO2S. The standard InChI is InChI=1S/C14H18ClF2NO2S/c15-9-14(7-1-2-8-14)10-18-11-3-5-12(6-4-11)21(19,20)13(16)17/h3-6,13,18H,1-2,7-10H2. The second-order valence-electron chi connectivity index (χ2n) is 5.52. The molecule has 0 saturated heterocycles. The Morgan fingerprint density at radius 2 is 1.76 bits per heavy atom. The molecule has 0 spiro atoms. The summed E-state index contributed by atoms with van der Waals surface area (Å²) in [6.45, 7) is 0.706. The highest BCUT2D eigenvalue weighted by molar-refractivity contribution is 7.91. The van der Waals surface area contributed by atoms with E-state index in [9.17, 15) is 17.2 Å². The average molecular weight is 338 g/mol. The monoisotopic (exact) mass is 337 g/mol. The van der Waals surface area contributed by atoms with Gasteiger partial charge in [0.25, 0.3) is 0 Å². The molecule has 1 aromatic rings. The minimum Gasteiger partial charge on any atom is -0.384 e. The molecule has 7 heteroatoms. The summed E-state index contributed by atoms with van der Waals surface area (Å²) in [4.78, 5) is -0.365. The van der Waals surface area contributed by atoms with Gasteiger partial charge in [-0.1, -0.05) is 12.8 Å². The summed E-state index contributed by atoms with van der Waals surface area (Å²) >= 11 is 6.05. The largest absolute Gasteiger partial charge is 0.384 e. The molecule has 0 radical (unpaired) electrons. The van der Waals surface area contributed by atoms with Crippen molar-refractivity contribution in [3.05, 3.63) is 24.3 Å². The molecule has 1 fully saturated rings. The van der Waals surface area contributed by atoms with Crippen LogP contribution in [0.15, 0.2) is 29.2 Å². The number of benzene rings is 1. The fourth-order valence-electron chi connectivity index (χ4n) is 2.64. The number of hydrogen-bond donors (Lipinski definition) is 1. The number of alkyl halides is 3. The van der Waals surface area contributed by atoms with E-state index in [-0.39, 0.29) is 10.3 Å². The lowest BCUT2D eigenvalue weighted by molar-refractivity contribution is 0.234. The van der Waals surface area contributed by atoms with E-state index in [4.69, 9.17) is 11.6 Å². The Kier molecular flexibility index (Phi) is 5.09. The van der Waals surface area contributed by atoms with Gasteiger partial charge in [-0.2, -0.15) is 8.78 Å². The molecule has 1 aliphatic carbocycles. The van der Waals surface area contributed by atoms with Crippen molar-refractivity contribution in [2.45, 2.75) is 36.3 Å². The molecule has 0 heterocycles. The van der Waals surface area contributed by atoms with Crippen LogP contribution in [-0.4, -0.2) is 26.6 Å². The Labute approximate surface area is 128 Å². The summed E-state index contributed by atoms with van der Waals surface area (Å²) in [6, 6.07) is 5.41. The molecule has 21 heavy (non-hydrogen) atoms. The molecule has 0 unspecified atom stereocenters. The summed E-state index contributed by atoms with van der Waals surface area (Å²) in [5.41, 5.74) is 0.787. The molecule has 3 nitrogen and oxygen atoms in total. The van der Waals surface area contributed by atoms with E-state index in [1.165, 1.54) is 37.1 Å². The topological polar surface area (TPSA) is 46.2 Å². The number of sulfone groups is 1. The summed E-state index contributed by atoms with van der Waals surface area (Å²) < 4.78 is 47.5. The van der Waals surface area contributed by atoms with Crippen LogP contribution in [0.4, 0.5) is 14.5 Å². The van der Waals surface area contributed by atoms with Crippen molar-refractivity contribution in [3.63, 3.8) is 0 Å². The lowest BCUT2D eigenvalue weighted by Crippen LogP contribution is -2.28. The van der Waals surface area contributed by atoms with Gasteiger partial charge in [0.15, 0.2) is 0 Å². The molecular weight excluding hydrogens is 320 g/mol. The van der Waals surface area contributed by atoms with Gasteiger partial charge in [-0.3, -0.25) is 0 Å². The van der Waals surface area contributed by atoms with Crippen molar-refractivity contribution in [2.24, 2.45) is 5.41 Å². The van der Waals surface area contributed by atoms with Crippen molar-refractivity contribution in [3.8, 4) is 0 Å². The molecule has 0 bridgehead atoms. The van der Waals surface area contributed by atoms with Gasteiger partial charge >= 0.3 is 5.76 Å². The molecule has 0 aromatic heterocycles. The quantitative estimate of drug-likeness (QED) is 0.801. The smallest absolute Gasteiger partial charge is 0.341 e. The van der Waals surface area contributed by atoms with E-state index in [2.05, 4.69) is 5.32 Å². The Hall–Kier alpha value is -0.880. The highest BCUT2D eigenvalue weighted by atomic mass is 35.5. The third kappa shape index (κ3) is 3.66. The van der Waals surface area contributed by atoms with Gasteiger partial charge < -0.3 is 5.32 Å². The zero-order valence-corrected chi connectivity index (χ0v) is 13.1. The lowest BCUT2D eigenvalue weighted by atomic mass is 9.88. The van der Waals surface area contributed by atoms with Crippen molar-refractivity contribution in [2.75, 3.05) is 17.7 Å². The van der Waals surface area contributed by atoms with Gasteiger partial charge in [-0.15, -0.1) is 11.6 Å². The number of hydrogen-bond acceptors (Lipinski definition) is 3. The van der Waals surface area contributed by atoms with Crippen LogP contribution in [-0.2, 0) is 9.84 Å². The predicted octanol–water partition coefficient (Wildman–Crippen LogP) is 3.89. The van der Waals surface area contributed by atoms with E-state index >= 15 is 0 Å². The number of halogens is 3. The van der Waals surface area contributed by atoms with Gasteiger partial charge in [0.1, 0.15) is 0 Å². The summed E-state index contributed by atoms with van der Waals surface area (Å²) in [5, 5.41) is 3.22. The Morgan fingerprint density at radius 3 is 2.24 bits per heavy atom. The van der Waals surface area contributed by atoms with Crippen molar-refractivity contribution >= 4 is 27.1 Å². The molecule has 1 N–H and O–H groups in total. The minimum atomic E-state index is -4.52. The van der Waals surface area contributed by atoms with Crippen LogP contribution >= 0.6 is 11.6 Å². The molecule has 0 aliphatic heterocycles. The van der Waals surface area contributed by atoms with Crippen molar-refractivity contribution in [1.82, 2.24) is 0 Å². The van der Waals surface area contributed by atoms with Crippen molar-refractivity contribution < 1.29 is 17.2 Å². The molecule has 118 valence electrons. The van der Waals surface area contributed by atoms with Crippen LogP contribution in [0.3, 0.4) is 0 Å². The number of nitrogens with one attached hydrogen (secondary N) is 1. The Morgan fingerprint density at radius 1 is 1.19 bits per heavy atom. The molecule has 1 aliphatic rings. The lowest BCUT2D eigenvalue weighted by Gasteiger charge is -2.27. The van der Waals surface area contributed by atoms with Crippen LogP contribution in [0.1, 0.15) is 25.7 Å². The molecule has 1 saturated carbocycles. The highest BCUT2D eigenvalue weighted by Crippen LogP contribution is 2.39. The average Bonchev–Trinajstić information content (AvgIpc) is 2.95. The zero-order valence-electron chi connectivity index (χ0n) is 11.5. The van der Waals surface area contributed by atoms with Gasteiger partial charge in [-0.25, -0.2) is 8.42 Å². The van der Waals surface area contributed by atoms with Gasteiger partial charge in [0.2, 0.25) is 9.84 Å². The van der Waals surface area contributed by atoms with Gasteiger partial charge in [0.05, 0.1) is 4.90 Å². The van der Waals surface area contributed by atoms with E-state index in [1.54, 1.807) is 0 Å². The molecule has 2 rings (SSSR count).